The summed E-state index contributed by atoms with van der Waals surface area (Å²) in [4.78, 5) is 24.4. The van der Waals surface area contributed by atoms with Crippen molar-refractivity contribution >= 4 is 11.9 Å². The normalized spacial score (nSPS) is 12.6. The molecule has 0 aromatic carbocycles. The van der Waals surface area contributed by atoms with Crippen LogP contribution in [-0.2, 0) is 14.3 Å². The van der Waals surface area contributed by atoms with E-state index in [9.17, 15) is 19.8 Å². The van der Waals surface area contributed by atoms with Crippen molar-refractivity contribution in [3.8, 4) is 0 Å². The van der Waals surface area contributed by atoms with Gasteiger partial charge in [-0.05, 0) is 32.1 Å². The predicted octanol–water partition coefficient (Wildman–Crippen LogP) is 16.9. The minimum Gasteiger partial charge on any atom is -0.466 e. The fourth-order valence-electron chi connectivity index (χ4n) is 8.75. The van der Waals surface area contributed by atoms with Crippen LogP contribution in [0.2, 0.25) is 0 Å². The second-order valence-corrected chi connectivity index (χ2v) is 19.3. The average molecular weight is 876 g/mol. The minimum absolute atomic E-state index is 0.0113. The van der Waals surface area contributed by atoms with Gasteiger partial charge in [-0.15, -0.1) is 0 Å². The van der Waals surface area contributed by atoms with Gasteiger partial charge in [-0.3, -0.25) is 9.59 Å². The first-order valence-electron chi connectivity index (χ1n) is 28.0. The van der Waals surface area contributed by atoms with Gasteiger partial charge in [0.1, 0.15) is 0 Å². The highest BCUT2D eigenvalue weighted by atomic mass is 16.5. The second kappa shape index (κ2) is 52.2. The molecule has 0 aliphatic rings. The van der Waals surface area contributed by atoms with Crippen LogP contribution in [0.25, 0.3) is 0 Å². The number of aliphatic hydroxyl groups is 2. The zero-order valence-corrected chi connectivity index (χ0v) is 41.9. The number of hydrogen-bond acceptors (Lipinski definition) is 5. The summed E-state index contributed by atoms with van der Waals surface area (Å²) in [6.07, 6.45) is 60.9. The summed E-state index contributed by atoms with van der Waals surface area (Å²) in [5, 5.41) is 23.0. The van der Waals surface area contributed by atoms with E-state index in [1.807, 2.05) is 6.08 Å². The van der Waals surface area contributed by atoms with Gasteiger partial charge in [-0.1, -0.05) is 276 Å². The van der Waals surface area contributed by atoms with Crippen molar-refractivity contribution in [1.82, 2.24) is 5.32 Å². The molecule has 0 bridgehead atoms. The predicted molar refractivity (Wildman–Crippen MR) is 269 cm³/mol. The summed E-state index contributed by atoms with van der Waals surface area (Å²) in [5.74, 6) is -0.0597. The Hall–Kier alpha value is -1.40. The minimum atomic E-state index is -0.844. The summed E-state index contributed by atoms with van der Waals surface area (Å²) in [6, 6.07) is -0.627. The van der Waals surface area contributed by atoms with Crippen molar-refractivity contribution in [3.63, 3.8) is 0 Å². The van der Waals surface area contributed by atoms with E-state index in [4.69, 9.17) is 4.74 Å². The quantitative estimate of drug-likeness (QED) is 0.0321. The van der Waals surface area contributed by atoms with Crippen molar-refractivity contribution in [2.75, 3.05) is 13.2 Å². The monoisotopic (exact) mass is 876 g/mol. The number of ether oxygens (including phenoxy) is 1. The van der Waals surface area contributed by atoms with Gasteiger partial charge in [0, 0.05) is 12.8 Å². The molecule has 0 aliphatic carbocycles. The first kappa shape index (κ1) is 60.6. The number of esters is 1. The van der Waals surface area contributed by atoms with E-state index >= 15 is 0 Å². The largest absolute Gasteiger partial charge is 0.466 e. The van der Waals surface area contributed by atoms with Crippen LogP contribution in [0.1, 0.15) is 309 Å². The van der Waals surface area contributed by atoms with Crippen LogP contribution in [0, 0.1) is 0 Å². The van der Waals surface area contributed by atoms with E-state index in [2.05, 4.69) is 19.2 Å². The maximum atomic E-state index is 12.4. The smallest absolute Gasteiger partial charge is 0.305 e. The Morgan fingerprint density at radius 1 is 0.435 bits per heavy atom. The Morgan fingerprint density at radius 3 is 1.10 bits per heavy atom. The maximum absolute atomic E-state index is 12.4. The number of amides is 1. The highest BCUT2D eigenvalue weighted by molar-refractivity contribution is 5.76. The molecule has 0 aromatic heterocycles. The van der Waals surface area contributed by atoms with Gasteiger partial charge < -0.3 is 20.3 Å². The first-order valence-corrected chi connectivity index (χ1v) is 28.0. The molecule has 0 aromatic rings. The second-order valence-electron chi connectivity index (χ2n) is 19.3. The number of carbonyl (C=O) groups is 2. The molecule has 1 amide bonds. The summed E-state index contributed by atoms with van der Waals surface area (Å²) >= 11 is 0. The van der Waals surface area contributed by atoms with Gasteiger partial charge >= 0.3 is 5.97 Å². The molecule has 0 spiro atoms. The molecule has 3 N–H and O–H groups in total. The van der Waals surface area contributed by atoms with Crippen molar-refractivity contribution in [3.05, 3.63) is 12.2 Å². The van der Waals surface area contributed by atoms with Gasteiger partial charge in [-0.2, -0.15) is 0 Å². The topological polar surface area (TPSA) is 95.9 Å². The molecule has 6 heteroatoms. The Kier molecular flexibility index (Phi) is 51.0. The summed E-state index contributed by atoms with van der Waals surface area (Å²) in [5.41, 5.74) is 0. The number of allylic oxidation sites excluding steroid dienone is 1. The molecule has 62 heavy (non-hydrogen) atoms. The Bertz CT molecular complexity index is 924. The van der Waals surface area contributed by atoms with Crippen LogP contribution in [-0.4, -0.2) is 47.4 Å². The third kappa shape index (κ3) is 48.1. The van der Waals surface area contributed by atoms with Gasteiger partial charge in [0.15, 0.2) is 0 Å². The Labute approximate surface area is 387 Å². The van der Waals surface area contributed by atoms with E-state index in [0.29, 0.717) is 19.4 Å². The van der Waals surface area contributed by atoms with Crippen molar-refractivity contribution in [1.29, 1.82) is 0 Å². The van der Waals surface area contributed by atoms with Crippen molar-refractivity contribution in [2.24, 2.45) is 0 Å². The fourth-order valence-corrected chi connectivity index (χ4v) is 8.75. The molecule has 0 radical (unpaired) electrons. The molecule has 0 aliphatic heterocycles. The zero-order valence-electron chi connectivity index (χ0n) is 41.9. The van der Waals surface area contributed by atoms with Crippen LogP contribution in [0.5, 0.6) is 0 Å². The van der Waals surface area contributed by atoms with E-state index in [1.54, 1.807) is 6.08 Å². The molecule has 368 valence electrons. The average Bonchev–Trinajstić information content (AvgIpc) is 3.27. The van der Waals surface area contributed by atoms with Crippen LogP contribution in [0.3, 0.4) is 0 Å². The maximum Gasteiger partial charge on any atom is 0.305 e. The van der Waals surface area contributed by atoms with E-state index in [0.717, 1.165) is 38.5 Å². The van der Waals surface area contributed by atoms with Gasteiger partial charge in [0.25, 0.3) is 0 Å². The standard InChI is InChI=1S/C56H109NO5/c1-3-5-7-9-11-13-15-16-22-26-30-34-38-42-46-50-56(61)62-51-47-43-39-35-31-27-24-21-19-17-18-20-23-25-29-33-37-41-45-49-55(60)57-53(52-58)54(59)48-44-40-36-32-28-14-12-10-8-6-4-2/h44,48,53-54,58-59H,3-43,45-47,49-52H2,1-2H3,(H,57,60)/b48-44+. The molecular weight excluding hydrogens is 767 g/mol. The zero-order chi connectivity index (χ0) is 45.1. The van der Waals surface area contributed by atoms with Gasteiger partial charge in [0.2, 0.25) is 5.91 Å². The first-order chi connectivity index (χ1) is 30.5. The van der Waals surface area contributed by atoms with Gasteiger partial charge in [0.05, 0.1) is 25.4 Å². The lowest BCUT2D eigenvalue weighted by atomic mass is 10.0. The highest BCUT2D eigenvalue weighted by Gasteiger charge is 2.18. The van der Waals surface area contributed by atoms with Crippen LogP contribution in [0.4, 0.5) is 0 Å². The van der Waals surface area contributed by atoms with E-state index < -0.39 is 12.1 Å². The number of nitrogens with one attached hydrogen (secondary N) is 1. The fraction of sp³-hybridized carbons (Fsp3) is 0.929. The molecule has 2 atom stereocenters. The molecule has 0 saturated carbocycles. The number of aliphatic hydroxyl groups excluding tert-OH is 2. The molecule has 0 rings (SSSR count). The number of unbranched alkanes of at least 4 members (excludes halogenated alkanes) is 41. The number of hydrogen-bond donors (Lipinski definition) is 3. The lowest BCUT2D eigenvalue weighted by Gasteiger charge is -2.20. The number of carbonyl (C=O) groups excluding carboxylic acids is 2. The summed E-state index contributed by atoms with van der Waals surface area (Å²) < 4.78 is 5.48. The lowest BCUT2D eigenvalue weighted by molar-refractivity contribution is -0.143. The van der Waals surface area contributed by atoms with Crippen LogP contribution < -0.4 is 5.32 Å². The molecule has 6 nitrogen and oxygen atoms in total. The highest BCUT2D eigenvalue weighted by Crippen LogP contribution is 2.17. The third-order valence-corrected chi connectivity index (χ3v) is 13.1. The van der Waals surface area contributed by atoms with Crippen molar-refractivity contribution < 1.29 is 24.5 Å². The van der Waals surface area contributed by atoms with Crippen molar-refractivity contribution in [2.45, 2.75) is 321 Å². The summed E-state index contributed by atoms with van der Waals surface area (Å²) in [7, 11) is 0. The molecule has 0 saturated heterocycles. The summed E-state index contributed by atoms with van der Waals surface area (Å²) in [6.45, 7) is 4.90. The Balaban J connectivity index is 3.38. The molecular formula is C56H109NO5. The molecule has 0 heterocycles. The molecule has 2 unspecified atom stereocenters. The van der Waals surface area contributed by atoms with Crippen LogP contribution >= 0.6 is 0 Å². The third-order valence-electron chi connectivity index (χ3n) is 13.1. The van der Waals surface area contributed by atoms with E-state index in [-0.39, 0.29) is 18.5 Å². The van der Waals surface area contributed by atoms with E-state index in [1.165, 1.54) is 244 Å². The van der Waals surface area contributed by atoms with Crippen LogP contribution in [0.15, 0.2) is 12.2 Å². The van der Waals surface area contributed by atoms with Gasteiger partial charge in [-0.25, -0.2) is 0 Å². The number of rotatable bonds is 52. The SMILES string of the molecule is CCCCCCCCCCC/C=C/C(O)C(CO)NC(=O)CCCCCCCCCCCCCCCCCCCCCOC(=O)CCCCCCCCCCCCCCCCC. The molecule has 0 fully saturated rings. The lowest BCUT2D eigenvalue weighted by Crippen LogP contribution is -2.45. The Morgan fingerprint density at radius 2 is 0.742 bits per heavy atom.